The number of ether oxygens (including phenoxy) is 3. The van der Waals surface area contributed by atoms with Gasteiger partial charge in [0.05, 0.1) is 26.1 Å². The molecule has 0 radical (unpaired) electrons. The summed E-state index contributed by atoms with van der Waals surface area (Å²) in [5.41, 5.74) is 6.35. The Balaban J connectivity index is 0.000000841. The van der Waals surface area contributed by atoms with Crippen LogP contribution in [0.2, 0.25) is 0 Å². The highest BCUT2D eigenvalue weighted by molar-refractivity contribution is 7.85. The molecule has 0 aliphatic carbocycles. The molecule has 23 heavy (non-hydrogen) atoms. The fourth-order valence-corrected chi connectivity index (χ4v) is 1.48. The van der Waals surface area contributed by atoms with Gasteiger partial charge in [-0.25, -0.2) is 0 Å². The van der Waals surface area contributed by atoms with Gasteiger partial charge >= 0.3 is 0 Å². The maximum absolute atomic E-state index is 9.19. The number of nitrogen functional groups attached to an aromatic ring is 1. The van der Waals surface area contributed by atoms with E-state index < -0.39 is 10.1 Å². The van der Waals surface area contributed by atoms with Crippen molar-refractivity contribution >= 4 is 15.8 Å². The second-order valence-electron chi connectivity index (χ2n) is 4.82. The summed E-state index contributed by atoms with van der Waals surface area (Å²) in [6.45, 7) is 2.88. The van der Waals surface area contributed by atoms with Crippen LogP contribution in [0.25, 0.3) is 0 Å². The Morgan fingerprint density at radius 3 is 2.13 bits per heavy atom. The van der Waals surface area contributed by atoms with E-state index in [1.807, 2.05) is 24.3 Å². The summed E-state index contributed by atoms with van der Waals surface area (Å²) in [4.78, 5) is 0. The van der Waals surface area contributed by atoms with Crippen LogP contribution in [0, 0.1) is 0 Å². The van der Waals surface area contributed by atoms with E-state index in [1.165, 1.54) is 0 Å². The molecule has 0 saturated heterocycles. The first-order chi connectivity index (χ1) is 10.8. The van der Waals surface area contributed by atoms with Crippen molar-refractivity contribution < 1.29 is 27.2 Å². The van der Waals surface area contributed by atoms with Gasteiger partial charge in [-0.15, -0.1) is 0 Å². The lowest BCUT2D eigenvalue weighted by molar-refractivity contribution is 0.0682. The summed E-state index contributed by atoms with van der Waals surface area (Å²) in [7, 11) is -1.99. The van der Waals surface area contributed by atoms with E-state index in [2.05, 4.69) is 0 Å². The van der Waals surface area contributed by atoms with Gasteiger partial charge in [0.15, 0.2) is 0 Å². The van der Waals surface area contributed by atoms with Crippen molar-refractivity contribution in [2.45, 2.75) is 19.3 Å². The summed E-state index contributed by atoms with van der Waals surface area (Å²) in [5, 5.41) is 0. The zero-order valence-corrected chi connectivity index (χ0v) is 14.5. The zero-order valence-electron chi connectivity index (χ0n) is 13.7. The van der Waals surface area contributed by atoms with Crippen molar-refractivity contribution in [2.75, 3.05) is 45.5 Å². The van der Waals surface area contributed by atoms with Crippen LogP contribution in [0.1, 0.15) is 19.3 Å². The number of unbranched alkanes of at least 4 members (excludes halogenated alkanes) is 2. The van der Waals surface area contributed by atoms with E-state index in [1.54, 1.807) is 7.11 Å². The molecule has 134 valence electrons. The number of nitrogens with two attached hydrogens (primary N) is 1. The van der Waals surface area contributed by atoms with Crippen LogP contribution >= 0.6 is 0 Å². The van der Waals surface area contributed by atoms with Gasteiger partial charge in [-0.05, 0) is 43.5 Å². The van der Waals surface area contributed by atoms with Gasteiger partial charge in [0.25, 0.3) is 10.1 Å². The van der Waals surface area contributed by atoms with Gasteiger partial charge in [0, 0.05) is 19.4 Å². The summed E-state index contributed by atoms with van der Waals surface area (Å²) >= 11 is 0. The van der Waals surface area contributed by atoms with Crippen LogP contribution in [0.5, 0.6) is 5.75 Å². The molecule has 1 aromatic carbocycles. The Hall–Kier alpha value is -1.35. The molecule has 3 N–H and O–H groups in total. The van der Waals surface area contributed by atoms with E-state index in [0.717, 1.165) is 43.9 Å². The molecule has 0 aliphatic rings. The molecule has 7 nitrogen and oxygen atoms in total. The number of rotatable bonds is 10. The SMILES string of the molecule is COCCOCCCCCOc1ccc(N)cc1.CS(=O)(=O)O. The fraction of sp³-hybridized carbons (Fsp3) is 0.600. The Morgan fingerprint density at radius 2 is 1.57 bits per heavy atom. The molecule has 8 heteroatoms. The second kappa shape index (κ2) is 13.1. The third-order valence-corrected chi connectivity index (χ3v) is 2.51. The molecule has 0 spiro atoms. The molecule has 0 bridgehead atoms. The Bertz CT molecular complexity index is 481. The average Bonchev–Trinajstić information content (AvgIpc) is 2.46. The monoisotopic (exact) mass is 349 g/mol. The van der Waals surface area contributed by atoms with Crippen LogP contribution < -0.4 is 10.5 Å². The van der Waals surface area contributed by atoms with Gasteiger partial charge in [-0.2, -0.15) is 8.42 Å². The highest BCUT2D eigenvalue weighted by atomic mass is 32.2. The Labute approximate surface area is 138 Å². The second-order valence-corrected chi connectivity index (χ2v) is 6.28. The first-order valence-electron chi connectivity index (χ1n) is 7.30. The molecular weight excluding hydrogens is 322 g/mol. The van der Waals surface area contributed by atoms with Crippen molar-refractivity contribution in [3.63, 3.8) is 0 Å². The smallest absolute Gasteiger partial charge is 0.261 e. The molecule has 0 fully saturated rings. The number of hydrogen-bond donors (Lipinski definition) is 2. The highest BCUT2D eigenvalue weighted by Gasteiger charge is 1.94. The van der Waals surface area contributed by atoms with Crippen LogP contribution in [-0.4, -0.2) is 52.8 Å². The first-order valence-corrected chi connectivity index (χ1v) is 9.15. The zero-order chi connectivity index (χ0) is 17.6. The molecule has 0 atom stereocenters. The standard InChI is InChI=1S/C14H23NO3.CH4O3S/c1-16-11-12-17-9-3-2-4-10-18-14-7-5-13(15)6-8-14;1-5(2,3)4/h5-8H,2-4,9-12,15H2,1H3;1H3,(H,2,3,4). The number of methoxy groups -OCH3 is 1. The van der Waals surface area contributed by atoms with Crippen molar-refractivity contribution in [1.29, 1.82) is 0 Å². The molecule has 0 saturated carbocycles. The minimum absolute atomic E-state index is 0.667. The summed E-state index contributed by atoms with van der Waals surface area (Å²) in [6.07, 6.45) is 3.93. The van der Waals surface area contributed by atoms with Gasteiger partial charge in [-0.3, -0.25) is 4.55 Å². The predicted molar refractivity (Wildman–Crippen MR) is 90.4 cm³/mol. The summed E-state index contributed by atoms with van der Waals surface area (Å²) < 4.78 is 41.7. The third kappa shape index (κ3) is 18.6. The van der Waals surface area contributed by atoms with Crippen molar-refractivity contribution in [2.24, 2.45) is 0 Å². The van der Waals surface area contributed by atoms with Crippen LogP contribution in [0.4, 0.5) is 5.69 Å². The first kappa shape index (κ1) is 21.6. The van der Waals surface area contributed by atoms with Crippen LogP contribution in [0.3, 0.4) is 0 Å². The molecular formula is C15H27NO6S. The van der Waals surface area contributed by atoms with Crippen molar-refractivity contribution in [3.8, 4) is 5.75 Å². The largest absolute Gasteiger partial charge is 0.494 e. The molecule has 0 amide bonds. The van der Waals surface area contributed by atoms with E-state index in [9.17, 15) is 8.42 Å². The normalized spacial score (nSPS) is 10.7. The highest BCUT2D eigenvalue weighted by Crippen LogP contribution is 2.13. The molecule has 0 unspecified atom stereocenters. The van der Waals surface area contributed by atoms with Crippen molar-refractivity contribution in [3.05, 3.63) is 24.3 Å². The molecule has 0 heterocycles. The van der Waals surface area contributed by atoms with Gasteiger partial charge in [-0.1, -0.05) is 0 Å². The van der Waals surface area contributed by atoms with Crippen LogP contribution in [0.15, 0.2) is 24.3 Å². The molecule has 1 aromatic rings. The van der Waals surface area contributed by atoms with Crippen LogP contribution in [-0.2, 0) is 19.6 Å². The van der Waals surface area contributed by atoms with E-state index in [0.29, 0.717) is 19.5 Å². The third-order valence-electron chi connectivity index (χ3n) is 2.51. The van der Waals surface area contributed by atoms with Gasteiger partial charge in [0.2, 0.25) is 0 Å². The molecule has 1 rings (SSSR count). The Kier molecular flexibility index (Phi) is 12.4. The lowest BCUT2D eigenvalue weighted by Gasteiger charge is -2.06. The molecule has 0 aliphatic heterocycles. The topological polar surface area (TPSA) is 108 Å². The van der Waals surface area contributed by atoms with E-state index in [4.69, 9.17) is 24.5 Å². The van der Waals surface area contributed by atoms with Gasteiger partial charge in [0.1, 0.15) is 5.75 Å². The van der Waals surface area contributed by atoms with E-state index in [-0.39, 0.29) is 0 Å². The van der Waals surface area contributed by atoms with Gasteiger partial charge < -0.3 is 19.9 Å². The fourth-order valence-electron chi connectivity index (χ4n) is 1.48. The lowest BCUT2D eigenvalue weighted by Crippen LogP contribution is -2.03. The van der Waals surface area contributed by atoms with Crippen molar-refractivity contribution in [1.82, 2.24) is 0 Å². The summed E-state index contributed by atoms with van der Waals surface area (Å²) in [5.74, 6) is 0.876. The number of anilines is 1. The van der Waals surface area contributed by atoms with E-state index >= 15 is 0 Å². The minimum Gasteiger partial charge on any atom is -0.494 e. The summed E-state index contributed by atoms with van der Waals surface area (Å²) in [6, 6.07) is 7.48. The maximum Gasteiger partial charge on any atom is 0.261 e. The molecule has 0 aromatic heterocycles. The quantitative estimate of drug-likeness (QED) is 0.378. The Morgan fingerprint density at radius 1 is 1.00 bits per heavy atom. The maximum atomic E-state index is 9.19. The number of hydrogen-bond acceptors (Lipinski definition) is 6. The average molecular weight is 349 g/mol. The minimum atomic E-state index is -3.67. The number of benzene rings is 1. The predicted octanol–water partition coefficient (Wildman–Crippen LogP) is 1.98. The lowest BCUT2D eigenvalue weighted by atomic mass is 10.2.